The highest BCUT2D eigenvalue weighted by molar-refractivity contribution is 5.53. The van der Waals surface area contributed by atoms with Crippen LogP contribution in [0.25, 0.3) is 0 Å². The van der Waals surface area contributed by atoms with Gasteiger partial charge in [0.2, 0.25) is 0 Å². The van der Waals surface area contributed by atoms with Gasteiger partial charge in [-0.05, 0) is 42.0 Å². The van der Waals surface area contributed by atoms with Crippen molar-refractivity contribution in [3.8, 4) is 0 Å². The molecule has 2 heteroatoms. The monoisotopic (exact) mass is 178 g/mol. The van der Waals surface area contributed by atoms with Crippen molar-refractivity contribution in [1.29, 1.82) is 0 Å². The van der Waals surface area contributed by atoms with E-state index in [0.717, 1.165) is 30.3 Å². The molecule has 0 N–H and O–H groups in total. The van der Waals surface area contributed by atoms with Crippen molar-refractivity contribution in [2.45, 2.75) is 25.2 Å². The molecule has 13 heavy (non-hydrogen) atoms. The van der Waals surface area contributed by atoms with Crippen molar-refractivity contribution in [2.24, 2.45) is 0 Å². The zero-order valence-electron chi connectivity index (χ0n) is 7.29. The minimum Gasteiger partial charge on any atom is -0.303 e. The van der Waals surface area contributed by atoms with Crippen molar-refractivity contribution in [3.63, 3.8) is 0 Å². The number of hydrogen-bond acceptors (Lipinski definition) is 1. The van der Waals surface area contributed by atoms with Gasteiger partial charge in [0.15, 0.2) is 0 Å². The third-order valence-electron chi connectivity index (χ3n) is 2.69. The Hall–Kier alpha value is -1.18. The Bertz CT molecular complexity index is 333. The molecule has 0 heterocycles. The molecule has 0 fully saturated rings. The molecule has 0 radical (unpaired) electrons. The van der Waals surface area contributed by atoms with Crippen LogP contribution in [0.1, 0.15) is 29.9 Å². The van der Waals surface area contributed by atoms with E-state index in [4.69, 9.17) is 0 Å². The molecular weight excluding hydrogens is 167 g/mol. The van der Waals surface area contributed by atoms with Gasteiger partial charge in [-0.15, -0.1) is 0 Å². The summed E-state index contributed by atoms with van der Waals surface area (Å²) in [6, 6.07) is 4.87. The minimum atomic E-state index is -0.175. The van der Waals surface area contributed by atoms with E-state index in [1.54, 1.807) is 6.07 Å². The Morgan fingerprint density at radius 2 is 2.38 bits per heavy atom. The first-order valence-corrected chi connectivity index (χ1v) is 4.53. The lowest BCUT2D eigenvalue weighted by atomic mass is 9.99. The maximum atomic E-state index is 12.8. The smallest absolute Gasteiger partial charge is 0.123 e. The number of benzene rings is 1. The van der Waals surface area contributed by atoms with Gasteiger partial charge in [0, 0.05) is 6.42 Å². The van der Waals surface area contributed by atoms with Crippen LogP contribution in [-0.4, -0.2) is 6.29 Å². The van der Waals surface area contributed by atoms with E-state index in [-0.39, 0.29) is 5.82 Å². The van der Waals surface area contributed by atoms with Crippen LogP contribution >= 0.6 is 0 Å². The minimum absolute atomic E-state index is 0.175. The van der Waals surface area contributed by atoms with E-state index >= 15 is 0 Å². The van der Waals surface area contributed by atoms with Crippen LogP contribution in [0.15, 0.2) is 18.2 Å². The third-order valence-corrected chi connectivity index (χ3v) is 2.69. The largest absolute Gasteiger partial charge is 0.303 e. The average Bonchev–Trinajstić information content (AvgIpc) is 2.49. The molecule has 1 nitrogen and oxygen atoms in total. The Balaban J connectivity index is 2.32. The summed E-state index contributed by atoms with van der Waals surface area (Å²) in [4.78, 5) is 10.4. The van der Waals surface area contributed by atoms with Crippen LogP contribution in [0.4, 0.5) is 4.39 Å². The molecule has 0 saturated heterocycles. The quantitative estimate of drug-likeness (QED) is 0.636. The average molecular weight is 178 g/mol. The SMILES string of the molecule is O=CC[C@H]1CCc2cc(F)ccc21. The zero-order chi connectivity index (χ0) is 9.26. The molecule has 2 rings (SSSR count). The van der Waals surface area contributed by atoms with Crippen LogP contribution in [0, 0.1) is 5.82 Å². The number of aldehydes is 1. The van der Waals surface area contributed by atoms with Gasteiger partial charge in [-0.3, -0.25) is 0 Å². The summed E-state index contributed by atoms with van der Waals surface area (Å²) in [6.07, 6.45) is 3.41. The molecule has 0 aromatic heterocycles. The number of rotatable bonds is 2. The van der Waals surface area contributed by atoms with Gasteiger partial charge >= 0.3 is 0 Å². The Morgan fingerprint density at radius 1 is 1.54 bits per heavy atom. The summed E-state index contributed by atoms with van der Waals surface area (Å²) < 4.78 is 12.8. The number of halogens is 1. The maximum absolute atomic E-state index is 12.8. The molecular formula is C11H11FO. The van der Waals surface area contributed by atoms with Gasteiger partial charge in [-0.25, -0.2) is 4.39 Å². The highest BCUT2D eigenvalue weighted by Gasteiger charge is 2.21. The first-order valence-electron chi connectivity index (χ1n) is 4.53. The fraction of sp³-hybridized carbons (Fsp3) is 0.364. The van der Waals surface area contributed by atoms with E-state index in [2.05, 4.69) is 0 Å². The molecule has 0 aliphatic heterocycles. The molecule has 68 valence electrons. The van der Waals surface area contributed by atoms with Crippen LogP contribution in [0.2, 0.25) is 0 Å². The molecule has 0 bridgehead atoms. The molecule has 1 atom stereocenters. The van der Waals surface area contributed by atoms with Crippen LogP contribution in [0.3, 0.4) is 0 Å². The van der Waals surface area contributed by atoms with Crippen molar-refractivity contribution in [3.05, 3.63) is 35.1 Å². The lowest BCUT2D eigenvalue weighted by Gasteiger charge is -2.06. The van der Waals surface area contributed by atoms with Gasteiger partial charge < -0.3 is 4.79 Å². The van der Waals surface area contributed by atoms with Gasteiger partial charge in [0.1, 0.15) is 12.1 Å². The molecule has 1 aromatic carbocycles. The van der Waals surface area contributed by atoms with E-state index in [9.17, 15) is 9.18 Å². The first kappa shape index (κ1) is 8.42. The van der Waals surface area contributed by atoms with Crippen molar-refractivity contribution in [2.75, 3.05) is 0 Å². The van der Waals surface area contributed by atoms with E-state index in [1.165, 1.54) is 6.07 Å². The molecule has 0 spiro atoms. The Labute approximate surface area is 76.6 Å². The van der Waals surface area contributed by atoms with Gasteiger partial charge in [-0.1, -0.05) is 6.07 Å². The van der Waals surface area contributed by atoms with Crippen molar-refractivity contribution in [1.82, 2.24) is 0 Å². The number of fused-ring (bicyclic) bond motifs is 1. The summed E-state index contributed by atoms with van der Waals surface area (Å²) in [5.41, 5.74) is 2.24. The Kier molecular flexibility index (Phi) is 2.13. The summed E-state index contributed by atoms with van der Waals surface area (Å²) in [7, 11) is 0. The lowest BCUT2D eigenvalue weighted by molar-refractivity contribution is -0.108. The highest BCUT2D eigenvalue weighted by Crippen LogP contribution is 2.34. The van der Waals surface area contributed by atoms with Gasteiger partial charge in [0.05, 0.1) is 0 Å². The Morgan fingerprint density at radius 3 is 3.15 bits per heavy atom. The number of aryl methyl sites for hydroxylation is 1. The molecule has 1 aromatic rings. The summed E-state index contributed by atoms with van der Waals surface area (Å²) in [5.74, 6) is 0.151. The highest BCUT2D eigenvalue weighted by atomic mass is 19.1. The predicted octanol–water partition coefficient (Wildman–Crippen LogP) is 2.44. The number of carbonyl (C=O) groups excluding carboxylic acids is 1. The van der Waals surface area contributed by atoms with Crippen LogP contribution in [-0.2, 0) is 11.2 Å². The van der Waals surface area contributed by atoms with E-state index < -0.39 is 0 Å². The van der Waals surface area contributed by atoms with E-state index in [1.807, 2.05) is 6.07 Å². The fourth-order valence-electron chi connectivity index (χ4n) is 2.04. The molecule has 0 amide bonds. The molecule has 1 aliphatic carbocycles. The van der Waals surface area contributed by atoms with Gasteiger partial charge in [0.25, 0.3) is 0 Å². The zero-order valence-corrected chi connectivity index (χ0v) is 7.29. The third kappa shape index (κ3) is 1.48. The normalized spacial score (nSPS) is 19.9. The standard InChI is InChI=1S/C11H11FO/c12-10-3-4-11-8(5-6-13)1-2-9(11)7-10/h3-4,6-8H,1-2,5H2/t8-/m1/s1. The number of carbonyl (C=O) groups is 1. The second-order valence-corrected chi connectivity index (χ2v) is 3.48. The molecule has 0 unspecified atom stereocenters. The van der Waals surface area contributed by atoms with Crippen LogP contribution < -0.4 is 0 Å². The number of hydrogen-bond donors (Lipinski definition) is 0. The van der Waals surface area contributed by atoms with Crippen LogP contribution in [0.5, 0.6) is 0 Å². The second kappa shape index (κ2) is 3.29. The predicted molar refractivity (Wildman–Crippen MR) is 48.1 cm³/mol. The second-order valence-electron chi connectivity index (χ2n) is 3.48. The molecule has 0 saturated carbocycles. The van der Waals surface area contributed by atoms with Crippen molar-refractivity contribution >= 4 is 6.29 Å². The first-order chi connectivity index (χ1) is 6.31. The van der Waals surface area contributed by atoms with Crippen molar-refractivity contribution < 1.29 is 9.18 Å². The van der Waals surface area contributed by atoms with Gasteiger partial charge in [-0.2, -0.15) is 0 Å². The molecule has 1 aliphatic rings. The summed E-state index contributed by atoms with van der Waals surface area (Å²) in [6.45, 7) is 0. The maximum Gasteiger partial charge on any atom is 0.123 e. The summed E-state index contributed by atoms with van der Waals surface area (Å²) >= 11 is 0. The fourth-order valence-corrected chi connectivity index (χ4v) is 2.04. The topological polar surface area (TPSA) is 17.1 Å². The lowest BCUT2D eigenvalue weighted by Crippen LogP contribution is -1.93. The summed E-state index contributed by atoms with van der Waals surface area (Å²) in [5, 5.41) is 0. The van der Waals surface area contributed by atoms with E-state index in [0.29, 0.717) is 12.3 Å².